The Kier molecular flexibility index (Phi) is 3.98. The van der Waals surface area contributed by atoms with Crippen molar-refractivity contribution in [1.82, 2.24) is 0 Å². The molecule has 0 spiro atoms. The average Bonchev–Trinajstić information content (AvgIpc) is 3.02. The van der Waals surface area contributed by atoms with Gasteiger partial charge in [-0.05, 0) is 31.1 Å². The van der Waals surface area contributed by atoms with Gasteiger partial charge in [0, 0.05) is 11.5 Å². The Balaban J connectivity index is 2.10. The molecule has 0 unspecified atom stereocenters. The lowest BCUT2D eigenvalue weighted by molar-refractivity contribution is -0.140. The largest absolute Gasteiger partial charge is 0.450 e. The molecule has 0 amide bonds. The van der Waals surface area contributed by atoms with Gasteiger partial charge in [-0.1, -0.05) is 43.4 Å². The van der Waals surface area contributed by atoms with E-state index in [-0.39, 0.29) is 18.0 Å². The summed E-state index contributed by atoms with van der Waals surface area (Å²) in [6, 6.07) is 0. The number of carbonyl (C=O) groups is 1. The number of ether oxygens (including phenoxy) is 1. The molecule has 0 heterocycles. The van der Waals surface area contributed by atoms with Crippen molar-refractivity contribution in [1.29, 1.82) is 0 Å². The zero-order chi connectivity index (χ0) is 13.0. The zero-order valence-corrected chi connectivity index (χ0v) is 10.8. The second-order valence-electron chi connectivity index (χ2n) is 4.44. The Morgan fingerprint density at radius 3 is 2.17 bits per heavy atom. The van der Waals surface area contributed by atoms with Crippen molar-refractivity contribution in [2.75, 3.05) is 0 Å². The first-order valence-electron chi connectivity index (χ1n) is 6.33. The first kappa shape index (κ1) is 12.6. The van der Waals surface area contributed by atoms with E-state index in [2.05, 4.69) is 19.1 Å². The molecule has 0 saturated carbocycles. The number of esters is 1. The van der Waals surface area contributed by atoms with Crippen LogP contribution >= 0.6 is 0 Å². The van der Waals surface area contributed by atoms with Crippen LogP contribution in [0.3, 0.4) is 0 Å². The summed E-state index contributed by atoms with van der Waals surface area (Å²) in [6.07, 6.45) is 16.4. The molecular weight excluding hydrogens is 224 g/mol. The first-order valence-corrected chi connectivity index (χ1v) is 6.33. The van der Waals surface area contributed by atoms with Crippen LogP contribution in [0.4, 0.5) is 0 Å². The molecular formula is C16H18O2. The molecule has 0 bridgehead atoms. The predicted octanol–water partition coefficient (Wildman–Crippen LogP) is 3.49. The van der Waals surface area contributed by atoms with Gasteiger partial charge < -0.3 is 4.74 Å². The van der Waals surface area contributed by atoms with Crippen molar-refractivity contribution in [3.63, 3.8) is 0 Å². The summed E-state index contributed by atoms with van der Waals surface area (Å²) in [5.41, 5.74) is 1.86. The minimum Gasteiger partial charge on any atom is -0.450 e. The molecule has 2 aliphatic carbocycles. The Bertz CT molecular complexity index is 451. The Hall–Kier alpha value is -1.83. The highest BCUT2D eigenvalue weighted by atomic mass is 16.5. The van der Waals surface area contributed by atoms with Gasteiger partial charge in [-0.25, -0.2) is 4.79 Å². The molecule has 0 aromatic rings. The van der Waals surface area contributed by atoms with E-state index in [0.717, 1.165) is 17.6 Å². The van der Waals surface area contributed by atoms with Crippen molar-refractivity contribution in [3.05, 3.63) is 59.8 Å². The number of rotatable bonds is 4. The van der Waals surface area contributed by atoms with E-state index in [1.54, 1.807) is 0 Å². The molecule has 0 aliphatic heterocycles. The standard InChI is InChI=1S/C16H18O2/c1-3-15(13-8-4-5-9-13)12(2)16(17)18-14-10-6-7-11-14/h4-11,13-14H,3H2,1-2H3. The summed E-state index contributed by atoms with van der Waals surface area (Å²) in [5.74, 6) is 0.0268. The summed E-state index contributed by atoms with van der Waals surface area (Å²) < 4.78 is 5.40. The summed E-state index contributed by atoms with van der Waals surface area (Å²) in [7, 11) is 0. The molecule has 0 N–H and O–H groups in total. The van der Waals surface area contributed by atoms with Crippen molar-refractivity contribution >= 4 is 5.97 Å². The Morgan fingerprint density at radius 2 is 1.61 bits per heavy atom. The van der Waals surface area contributed by atoms with Gasteiger partial charge in [0.1, 0.15) is 6.10 Å². The molecule has 18 heavy (non-hydrogen) atoms. The van der Waals surface area contributed by atoms with E-state index >= 15 is 0 Å². The summed E-state index contributed by atoms with van der Waals surface area (Å²) in [5, 5.41) is 0. The SMILES string of the molecule is CCC(=C(C)C(=O)OC1C=CC=C1)C1C=CC=C1. The fourth-order valence-corrected chi connectivity index (χ4v) is 2.25. The second-order valence-corrected chi connectivity index (χ2v) is 4.44. The van der Waals surface area contributed by atoms with Crippen LogP contribution in [0, 0.1) is 5.92 Å². The van der Waals surface area contributed by atoms with Crippen molar-refractivity contribution < 1.29 is 9.53 Å². The monoisotopic (exact) mass is 242 g/mol. The Labute approximate surface area is 108 Å². The minimum atomic E-state index is -0.221. The molecule has 0 aromatic heterocycles. The molecule has 0 saturated heterocycles. The third-order valence-corrected chi connectivity index (χ3v) is 3.27. The fourth-order valence-electron chi connectivity index (χ4n) is 2.25. The first-order chi connectivity index (χ1) is 8.72. The van der Waals surface area contributed by atoms with Gasteiger partial charge >= 0.3 is 5.97 Å². The van der Waals surface area contributed by atoms with Gasteiger partial charge in [0.05, 0.1) is 0 Å². The molecule has 2 rings (SSSR count). The third-order valence-electron chi connectivity index (χ3n) is 3.27. The van der Waals surface area contributed by atoms with Gasteiger partial charge in [-0.15, -0.1) is 0 Å². The average molecular weight is 242 g/mol. The summed E-state index contributed by atoms with van der Waals surface area (Å²) in [4.78, 5) is 12.1. The van der Waals surface area contributed by atoms with Crippen LogP contribution in [-0.2, 0) is 9.53 Å². The van der Waals surface area contributed by atoms with E-state index in [1.165, 1.54) is 0 Å². The molecule has 0 radical (unpaired) electrons. The maximum absolute atomic E-state index is 12.1. The lowest BCUT2D eigenvalue weighted by atomic mass is 9.94. The smallest absolute Gasteiger partial charge is 0.334 e. The maximum Gasteiger partial charge on any atom is 0.334 e. The van der Waals surface area contributed by atoms with Crippen LogP contribution in [0.5, 0.6) is 0 Å². The van der Waals surface area contributed by atoms with Crippen LogP contribution in [-0.4, -0.2) is 12.1 Å². The van der Waals surface area contributed by atoms with E-state index in [9.17, 15) is 4.79 Å². The van der Waals surface area contributed by atoms with Crippen LogP contribution < -0.4 is 0 Å². The van der Waals surface area contributed by atoms with E-state index in [1.807, 2.05) is 43.4 Å². The Morgan fingerprint density at radius 1 is 1.06 bits per heavy atom. The summed E-state index contributed by atoms with van der Waals surface area (Å²) in [6.45, 7) is 3.92. The summed E-state index contributed by atoms with van der Waals surface area (Å²) >= 11 is 0. The number of carbonyl (C=O) groups excluding carboxylic acids is 1. The number of hydrogen-bond acceptors (Lipinski definition) is 2. The van der Waals surface area contributed by atoms with Crippen LogP contribution in [0.2, 0.25) is 0 Å². The normalized spacial score (nSPS) is 19.7. The molecule has 0 atom stereocenters. The van der Waals surface area contributed by atoms with Crippen LogP contribution in [0.15, 0.2) is 59.8 Å². The maximum atomic E-state index is 12.1. The molecule has 2 aliphatic rings. The zero-order valence-electron chi connectivity index (χ0n) is 10.8. The molecule has 94 valence electrons. The lowest BCUT2D eigenvalue weighted by Crippen LogP contribution is -2.16. The van der Waals surface area contributed by atoms with Crippen LogP contribution in [0.1, 0.15) is 20.3 Å². The van der Waals surface area contributed by atoms with Gasteiger partial charge in [-0.3, -0.25) is 0 Å². The fraction of sp³-hybridized carbons (Fsp3) is 0.312. The lowest BCUT2D eigenvalue weighted by Gasteiger charge is -2.15. The highest BCUT2D eigenvalue weighted by Crippen LogP contribution is 2.26. The predicted molar refractivity (Wildman–Crippen MR) is 72.9 cm³/mol. The highest BCUT2D eigenvalue weighted by Gasteiger charge is 2.19. The van der Waals surface area contributed by atoms with Gasteiger partial charge in [0.2, 0.25) is 0 Å². The van der Waals surface area contributed by atoms with E-state index in [4.69, 9.17) is 4.74 Å². The third kappa shape index (κ3) is 2.70. The molecule has 0 fully saturated rings. The highest BCUT2D eigenvalue weighted by molar-refractivity contribution is 5.89. The van der Waals surface area contributed by atoms with Crippen LogP contribution in [0.25, 0.3) is 0 Å². The van der Waals surface area contributed by atoms with Gasteiger partial charge in [-0.2, -0.15) is 0 Å². The quantitative estimate of drug-likeness (QED) is 0.557. The molecule has 2 heteroatoms. The minimum absolute atomic E-state index is 0.208. The van der Waals surface area contributed by atoms with Gasteiger partial charge in [0.15, 0.2) is 0 Å². The van der Waals surface area contributed by atoms with Gasteiger partial charge in [0.25, 0.3) is 0 Å². The van der Waals surface area contributed by atoms with Crippen molar-refractivity contribution in [2.24, 2.45) is 5.92 Å². The number of allylic oxidation sites excluding steroid dienone is 7. The number of hydrogen-bond donors (Lipinski definition) is 0. The van der Waals surface area contributed by atoms with E-state index < -0.39 is 0 Å². The van der Waals surface area contributed by atoms with Crippen molar-refractivity contribution in [3.8, 4) is 0 Å². The van der Waals surface area contributed by atoms with Crippen molar-refractivity contribution in [2.45, 2.75) is 26.4 Å². The topological polar surface area (TPSA) is 26.3 Å². The second kappa shape index (κ2) is 5.67. The molecule has 2 nitrogen and oxygen atoms in total. The van der Waals surface area contributed by atoms with E-state index in [0.29, 0.717) is 0 Å². The molecule has 0 aromatic carbocycles.